The van der Waals surface area contributed by atoms with Gasteiger partial charge in [-0.05, 0) is 41.6 Å². The first-order chi connectivity index (χ1) is 10.2. The van der Waals surface area contributed by atoms with Gasteiger partial charge in [0.05, 0.1) is 21.3 Å². The van der Waals surface area contributed by atoms with Gasteiger partial charge >= 0.3 is 5.97 Å². The second kappa shape index (κ2) is 5.85. The molecule has 106 valence electrons. The number of carbonyl (C=O) groups is 1. The first kappa shape index (κ1) is 14.1. The highest BCUT2D eigenvalue weighted by Gasteiger charge is 2.14. The number of benzene rings is 1. The summed E-state index contributed by atoms with van der Waals surface area (Å²) in [5.74, 6) is -0.307. The van der Waals surface area contributed by atoms with Gasteiger partial charge in [0, 0.05) is 11.8 Å². The monoisotopic (exact) mass is 392 g/mol. The van der Waals surface area contributed by atoms with Crippen molar-refractivity contribution < 1.29 is 9.53 Å². The molecule has 3 aromatic rings. The molecule has 0 amide bonds. The molecule has 2 heterocycles. The number of aromatic nitrogens is 2. The summed E-state index contributed by atoms with van der Waals surface area (Å²) in [5.41, 5.74) is 3.42. The van der Waals surface area contributed by atoms with E-state index in [4.69, 9.17) is 4.74 Å². The Morgan fingerprint density at radius 3 is 2.76 bits per heavy atom. The Morgan fingerprint density at radius 1 is 1.29 bits per heavy atom. The first-order valence-corrected chi connectivity index (χ1v) is 7.69. The second-order valence-corrected chi connectivity index (χ2v) is 5.57. The van der Waals surface area contributed by atoms with E-state index in [0.29, 0.717) is 12.2 Å². The zero-order valence-corrected chi connectivity index (χ0v) is 13.6. The van der Waals surface area contributed by atoms with E-state index in [9.17, 15) is 4.79 Å². The van der Waals surface area contributed by atoms with E-state index in [1.165, 1.54) is 0 Å². The molecular weight excluding hydrogens is 379 g/mol. The molecule has 0 aliphatic carbocycles. The number of carbonyl (C=O) groups excluding carboxylic acids is 1. The van der Waals surface area contributed by atoms with Gasteiger partial charge in [-0.3, -0.25) is 0 Å². The Morgan fingerprint density at radius 2 is 2.05 bits per heavy atom. The molecule has 0 aliphatic rings. The predicted octanol–water partition coefficient (Wildman–Crippen LogP) is 3.78. The van der Waals surface area contributed by atoms with Gasteiger partial charge in [0.1, 0.15) is 5.69 Å². The molecule has 0 radical (unpaired) electrons. The van der Waals surface area contributed by atoms with Gasteiger partial charge in [0.15, 0.2) is 0 Å². The van der Waals surface area contributed by atoms with Crippen LogP contribution in [0, 0.1) is 3.57 Å². The van der Waals surface area contributed by atoms with E-state index in [-0.39, 0.29) is 5.97 Å². The molecule has 0 saturated carbocycles. The number of nitrogens with zero attached hydrogens (tertiary/aromatic N) is 2. The third kappa shape index (κ3) is 2.65. The topological polar surface area (TPSA) is 43.6 Å². The highest BCUT2D eigenvalue weighted by atomic mass is 127. The van der Waals surface area contributed by atoms with Crippen LogP contribution in [0.15, 0.2) is 48.7 Å². The van der Waals surface area contributed by atoms with Crippen LogP contribution in [0.25, 0.3) is 16.8 Å². The maximum absolute atomic E-state index is 11.8. The molecule has 21 heavy (non-hydrogen) atoms. The van der Waals surface area contributed by atoms with E-state index in [0.717, 1.165) is 20.3 Å². The molecule has 3 rings (SSSR count). The molecule has 2 aromatic heterocycles. The van der Waals surface area contributed by atoms with E-state index in [2.05, 4.69) is 27.7 Å². The third-order valence-electron chi connectivity index (χ3n) is 3.13. The number of pyridine rings is 1. The fourth-order valence-corrected chi connectivity index (χ4v) is 2.96. The van der Waals surface area contributed by atoms with Gasteiger partial charge in [-0.2, -0.15) is 5.10 Å². The third-order valence-corrected chi connectivity index (χ3v) is 4.20. The summed E-state index contributed by atoms with van der Waals surface area (Å²) < 4.78 is 7.84. The summed E-state index contributed by atoms with van der Waals surface area (Å²) in [5, 5.41) is 4.59. The predicted molar refractivity (Wildman–Crippen MR) is 89.3 cm³/mol. The van der Waals surface area contributed by atoms with Crippen LogP contribution in [0.3, 0.4) is 0 Å². The molecule has 0 spiro atoms. The second-order valence-electron chi connectivity index (χ2n) is 4.49. The Balaban J connectivity index is 2.11. The van der Waals surface area contributed by atoms with Crippen LogP contribution >= 0.6 is 22.6 Å². The molecule has 0 saturated heterocycles. The molecule has 0 N–H and O–H groups in total. The Hall–Kier alpha value is -1.89. The average Bonchev–Trinajstić information content (AvgIpc) is 2.85. The summed E-state index contributed by atoms with van der Waals surface area (Å²) in [7, 11) is 0. The van der Waals surface area contributed by atoms with Crippen LogP contribution in [-0.2, 0) is 4.74 Å². The summed E-state index contributed by atoms with van der Waals surface area (Å²) in [6.07, 6.45) is 1.79. The van der Waals surface area contributed by atoms with Gasteiger partial charge in [0.2, 0.25) is 0 Å². The molecule has 4 nitrogen and oxygen atoms in total. The fourth-order valence-electron chi connectivity index (χ4n) is 2.14. The summed E-state index contributed by atoms with van der Waals surface area (Å²) in [4.78, 5) is 11.8. The number of hydrogen-bond donors (Lipinski definition) is 0. The zero-order chi connectivity index (χ0) is 14.8. The molecule has 0 atom stereocenters. The molecule has 5 heteroatoms. The maximum atomic E-state index is 11.8. The molecule has 0 aliphatic heterocycles. The van der Waals surface area contributed by atoms with Crippen molar-refractivity contribution in [1.82, 2.24) is 9.61 Å². The van der Waals surface area contributed by atoms with Crippen molar-refractivity contribution in [3.63, 3.8) is 0 Å². The van der Waals surface area contributed by atoms with Gasteiger partial charge in [0.25, 0.3) is 0 Å². The molecule has 0 unspecified atom stereocenters. The Labute approximate surface area is 135 Å². The standard InChI is InChI=1S/C16H13IN2O2/c1-2-21-16(20)12-8-9-19-13(10-12)14(17)15(18-19)11-6-4-3-5-7-11/h3-10H,2H2,1H3. The lowest BCUT2D eigenvalue weighted by Crippen LogP contribution is -2.05. The number of esters is 1. The van der Waals surface area contributed by atoms with E-state index in [1.54, 1.807) is 23.7 Å². The van der Waals surface area contributed by atoms with Crippen molar-refractivity contribution in [2.24, 2.45) is 0 Å². The van der Waals surface area contributed by atoms with Gasteiger partial charge < -0.3 is 4.74 Å². The van der Waals surface area contributed by atoms with Crippen LogP contribution < -0.4 is 0 Å². The van der Waals surface area contributed by atoms with Crippen LogP contribution in [0.4, 0.5) is 0 Å². The van der Waals surface area contributed by atoms with Crippen LogP contribution in [0.5, 0.6) is 0 Å². The van der Waals surface area contributed by atoms with Crippen LogP contribution in [-0.4, -0.2) is 22.2 Å². The quantitative estimate of drug-likeness (QED) is 0.504. The molecule has 1 aromatic carbocycles. The average molecular weight is 392 g/mol. The minimum Gasteiger partial charge on any atom is -0.462 e. The van der Waals surface area contributed by atoms with Crippen molar-refractivity contribution in [2.75, 3.05) is 6.61 Å². The lowest BCUT2D eigenvalue weighted by atomic mass is 10.1. The number of fused-ring (bicyclic) bond motifs is 1. The lowest BCUT2D eigenvalue weighted by molar-refractivity contribution is 0.0526. The minimum atomic E-state index is -0.307. The SMILES string of the molecule is CCOC(=O)c1ccn2nc(-c3ccccc3)c(I)c2c1. The number of halogens is 1. The van der Waals surface area contributed by atoms with E-state index < -0.39 is 0 Å². The summed E-state index contributed by atoms with van der Waals surface area (Å²) in [6.45, 7) is 2.17. The number of ether oxygens (including phenoxy) is 1. The largest absolute Gasteiger partial charge is 0.462 e. The van der Waals surface area contributed by atoms with Crippen molar-refractivity contribution in [2.45, 2.75) is 6.92 Å². The fraction of sp³-hybridized carbons (Fsp3) is 0.125. The molecule has 0 fully saturated rings. The minimum absolute atomic E-state index is 0.307. The highest BCUT2D eigenvalue weighted by molar-refractivity contribution is 14.1. The van der Waals surface area contributed by atoms with Crippen LogP contribution in [0.2, 0.25) is 0 Å². The van der Waals surface area contributed by atoms with Crippen molar-refractivity contribution in [1.29, 1.82) is 0 Å². The van der Waals surface area contributed by atoms with E-state index >= 15 is 0 Å². The van der Waals surface area contributed by atoms with Crippen molar-refractivity contribution in [3.05, 3.63) is 57.8 Å². The first-order valence-electron chi connectivity index (χ1n) is 6.61. The molecule has 0 bridgehead atoms. The Bertz CT molecular complexity index is 797. The normalized spacial score (nSPS) is 10.8. The smallest absolute Gasteiger partial charge is 0.338 e. The number of rotatable bonds is 3. The zero-order valence-electron chi connectivity index (χ0n) is 11.4. The van der Waals surface area contributed by atoms with Crippen molar-refractivity contribution >= 4 is 34.1 Å². The molecular formula is C16H13IN2O2. The number of hydrogen-bond acceptors (Lipinski definition) is 3. The Kier molecular flexibility index (Phi) is 3.92. The summed E-state index contributed by atoms with van der Waals surface area (Å²) in [6, 6.07) is 13.5. The van der Waals surface area contributed by atoms with Crippen LogP contribution in [0.1, 0.15) is 17.3 Å². The maximum Gasteiger partial charge on any atom is 0.338 e. The van der Waals surface area contributed by atoms with Gasteiger partial charge in [-0.15, -0.1) is 0 Å². The lowest BCUT2D eigenvalue weighted by Gasteiger charge is -2.01. The van der Waals surface area contributed by atoms with Crippen molar-refractivity contribution in [3.8, 4) is 11.3 Å². The van der Waals surface area contributed by atoms with E-state index in [1.807, 2.05) is 36.4 Å². The highest BCUT2D eigenvalue weighted by Crippen LogP contribution is 2.27. The van der Waals surface area contributed by atoms with Gasteiger partial charge in [-0.1, -0.05) is 30.3 Å². The van der Waals surface area contributed by atoms with Gasteiger partial charge in [-0.25, -0.2) is 9.31 Å². The summed E-state index contributed by atoms with van der Waals surface area (Å²) >= 11 is 2.26.